The summed E-state index contributed by atoms with van der Waals surface area (Å²) in [6.45, 7) is 0.443. The lowest BCUT2D eigenvalue weighted by Crippen LogP contribution is -2.23. The maximum atomic E-state index is 11.9. The number of imidazole rings is 1. The number of carbonyl (C=O) groups excluding carboxylic acids is 1. The van der Waals surface area contributed by atoms with Crippen LogP contribution in [0, 0.1) is 0 Å². The summed E-state index contributed by atoms with van der Waals surface area (Å²) < 4.78 is 0. The van der Waals surface area contributed by atoms with Gasteiger partial charge in [0.1, 0.15) is 5.82 Å². The molecule has 2 aromatic carbocycles. The number of H-pyrrole nitrogens is 1. The van der Waals surface area contributed by atoms with Gasteiger partial charge in [0.15, 0.2) is 0 Å². The second-order valence-electron chi connectivity index (χ2n) is 5.32. The van der Waals surface area contributed by atoms with Crippen molar-refractivity contribution in [1.82, 2.24) is 15.3 Å². The second-order valence-corrected chi connectivity index (χ2v) is 5.32. The van der Waals surface area contributed by atoms with Gasteiger partial charge >= 0.3 is 0 Å². The maximum absolute atomic E-state index is 11.9. The molecule has 0 atom stereocenters. The summed E-state index contributed by atoms with van der Waals surface area (Å²) in [5.41, 5.74) is 3.19. The van der Waals surface area contributed by atoms with Gasteiger partial charge < -0.3 is 10.3 Å². The average Bonchev–Trinajstić information content (AvgIpc) is 2.97. The Morgan fingerprint density at radius 1 is 1.05 bits per heavy atom. The molecule has 0 spiro atoms. The van der Waals surface area contributed by atoms with Crippen molar-refractivity contribution >= 4 is 16.9 Å². The van der Waals surface area contributed by atoms with Gasteiger partial charge in [0.2, 0.25) is 5.91 Å². The first-order valence-electron chi connectivity index (χ1n) is 7.55. The molecule has 0 radical (unpaired) electrons. The number of aromatic nitrogens is 2. The number of amides is 1. The molecule has 4 nitrogen and oxygen atoms in total. The molecule has 1 aromatic heterocycles. The van der Waals surface area contributed by atoms with Crippen LogP contribution < -0.4 is 5.32 Å². The summed E-state index contributed by atoms with van der Waals surface area (Å²) in [6.07, 6.45) is 2.32. The molecular weight excluding hydrogens is 274 g/mol. The third-order valence-corrected chi connectivity index (χ3v) is 3.60. The van der Waals surface area contributed by atoms with E-state index in [9.17, 15) is 4.79 Å². The number of para-hydroxylation sites is 2. The Bertz CT molecular complexity index is 716. The molecule has 0 bridgehead atoms. The van der Waals surface area contributed by atoms with Crippen LogP contribution in [-0.2, 0) is 17.8 Å². The van der Waals surface area contributed by atoms with E-state index in [-0.39, 0.29) is 5.91 Å². The van der Waals surface area contributed by atoms with Crippen molar-refractivity contribution in [1.29, 1.82) is 0 Å². The van der Waals surface area contributed by atoms with Gasteiger partial charge in [-0.05, 0) is 30.5 Å². The highest BCUT2D eigenvalue weighted by Gasteiger charge is 2.05. The number of aryl methyl sites for hydroxylation is 1. The summed E-state index contributed by atoms with van der Waals surface area (Å²) in [5.74, 6) is 0.856. The van der Waals surface area contributed by atoms with Crippen LogP contribution >= 0.6 is 0 Å². The van der Waals surface area contributed by atoms with Crippen LogP contribution in [0.5, 0.6) is 0 Å². The minimum Gasteiger partial charge on any atom is -0.349 e. The molecule has 0 aliphatic carbocycles. The number of fused-ring (bicyclic) bond motifs is 1. The van der Waals surface area contributed by atoms with E-state index in [1.54, 1.807) is 0 Å². The number of carbonyl (C=O) groups is 1. The zero-order chi connectivity index (χ0) is 15.2. The first-order chi connectivity index (χ1) is 10.8. The van der Waals surface area contributed by atoms with Crippen molar-refractivity contribution in [3.8, 4) is 0 Å². The number of nitrogens with zero attached hydrogens (tertiary/aromatic N) is 1. The minimum absolute atomic E-state index is 0.0661. The highest BCUT2D eigenvalue weighted by atomic mass is 16.1. The Morgan fingerprint density at radius 3 is 2.64 bits per heavy atom. The fourth-order valence-electron chi connectivity index (χ4n) is 2.46. The van der Waals surface area contributed by atoms with Gasteiger partial charge in [-0.25, -0.2) is 4.98 Å². The van der Waals surface area contributed by atoms with E-state index in [0.717, 1.165) is 29.7 Å². The van der Waals surface area contributed by atoms with Crippen molar-refractivity contribution in [2.24, 2.45) is 0 Å². The molecule has 0 aliphatic heterocycles. The van der Waals surface area contributed by atoms with Crippen LogP contribution in [0.3, 0.4) is 0 Å². The molecule has 1 heterocycles. The van der Waals surface area contributed by atoms with E-state index < -0.39 is 0 Å². The molecule has 0 saturated heterocycles. The summed E-state index contributed by atoms with van der Waals surface area (Å²) >= 11 is 0. The third-order valence-electron chi connectivity index (χ3n) is 3.60. The van der Waals surface area contributed by atoms with Gasteiger partial charge in [0.05, 0.1) is 17.6 Å². The number of nitrogens with one attached hydrogen (secondary N) is 2. The standard InChI is InChI=1S/C18H19N3O/c22-18(12-6-9-14-7-2-1-3-8-14)19-13-17-20-15-10-4-5-11-16(15)21-17/h1-5,7-8,10-11H,6,9,12-13H2,(H,19,22)(H,20,21). The molecule has 4 heteroatoms. The molecule has 3 rings (SSSR count). The lowest BCUT2D eigenvalue weighted by atomic mass is 10.1. The zero-order valence-corrected chi connectivity index (χ0v) is 12.4. The monoisotopic (exact) mass is 293 g/mol. The summed E-state index contributed by atoms with van der Waals surface area (Å²) in [7, 11) is 0. The molecule has 1 amide bonds. The molecule has 0 aliphatic rings. The van der Waals surface area contributed by atoms with Crippen molar-refractivity contribution in [2.45, 2.75) is 25.8 Å². The van der Waals surface area contributed by atoms with Gasteiger partial charge in [-0.2, -0.15) is 0 Å². The van der Waals surface area contributed by atoms with Gasteiger partial charge in [-0.3, -0.25) is 4.79 Å². The van der Waals surface area contributed by atoms with E-state index in [4.69, 9.17) is 0 Å². The molecule has 0 saturated carbocycles. The molecule has 0 fully saturated rings. The second kappa shape index (κ2) is 6.89. The Morgan fingerprint density at radius 2 is 1.82 bits per heavy atom. The Labute approximate surface area is 129 Å². The van der Waals surface area contributed by atoms with Crippen LogP contribution in [0.25, 0.3) is 11.0 Å². The van der Waals surface area contributed by atoms with Gasteiger partial charge in [-0.15, -0.1) is 0 Å². The molecule has 3 aromatic rings. The molecule has 22 heavy (non-hydrogen) atoms. The van der Waals surface area contributed by atoms with E-state index in [1.807, 2.05) is 42.5 Å². The zero-order valence-electron chi connectivity index (χ0n) is 12.4. The van der Waals surface area contributed by atoms with Crippen LogP contribution in [0.15, 0.2) is 54.6 Å². The van der Waals surface area contributed by atoms with Crippen LogP contribution in [0.1, 0.15) is 24.2 Å². The number of hydrogen-bond donors (Lipinski definition) is 2. The average molecular weight is 293 g/mol. The van der Waals surface area contributed by atoms with E-state index >= 15 is 0 Å². The Balaban J connectivity index is 1.44. The normalized spacial score (nSPS) is 10.7. The third kappa shape index (κ3) is 3.73. The Kier molecular flexibility index (Phi) is 4.49. The molecular formula is C18H19N3O. The van der Waals surface area contributed by atoms with Gasteiger partial charge in [0, 0.05) is 6.42 Å². The summed E-state index contributed by atoms with van der Waals surface area (Å²) in [5, 5.41) is 2.91. The van der Waals surface area contributed by atoms with Crippen LogP contribution in [0.2, 0.25) is 0 Å². The lowest BCUT2D eigenvalue weighted by molar-refractivity contribution is -0.121. The fraction of sp³-hybridized carbons (Fsp3) is 0.222. The molecule has 2 N–H and O–H groups in total. The smallest absolute Gasteiger partial charge is 0.220 e. The van der Waals surface area contributed by atoms with Gasteiger partial charge in [0.25, 0.3) is 0 Å². The number of hydrogen-bond acceptors (Lipinski definition) is 2. The molecule has 112 valence electrons. The lowest BCUT2D eigenvalue weighted by Gasteiger charge is -2.03. The fourth-order valence-corrected chi connectivity index (χ4v) is 2.46. The van der Waals surface area contributed by atoms with Crippen molar-refractivity contribution < 1.29 is 4.79 Å². The van der Waals surface area contributed by atoms with Gasteiger partial charge in [-0.1, -0.05) is 42.5 Å². The summed E-state index contributed by atoms with van der Waals surface area (Å²) in [6, 6.07) is 18.1. The van der Waals surface area contributed by atoms with E-state index in [0.29, 0.717) is 13.0 Å². The maximum Gasteiger partial charge on any atom is 0.220 e. The predicted octanol–water partition coefficient (Wildman–Crippen LogP) is 3.20. The summed E-state index contributed by atoms with van der Waals surface area (Å²) in [4.78, 5) is 19.5. The largest absolute Gasteiger partial charge is 0.349 e. The van der Waals surface area contributed by atoms with Crippen LogP contribution in [-0.4, -0.2) is 15.9 Å². The minimum atomic E-state index is 0.0661. The quantitative estimate of drug-likeness (QED) is 0.733. The number of rotatable bonds is 6. The highest BCUT2D eigenvalue weighted by molar-refractivity contribution is 5.76. The Hall–Kier alpha value is -2.62. The molecule has 0 unspecified atom stereocenters. The first-order valence-corrected chi connectivity index (χ1v) is 7.55. The van der Waals surface area contributed by atoms with Crippen molar-refractivity contribution in [2.75, 3.05) is 0 Å². The first kappa shape index (κ1) is 14.3. The SMILES string of the molecule is O=C(CCCc1ccccc1)NCc1nc2ccccc2[nH]1. The number of aromatic amines is 1. The number of benzene rings is 2. The predicted molar refractivity (Wildman–Crippen MR) is 87.3 cm³/mol. The topological polar surface area (TPSA) is 57.8 Å². The highest BCUT2D eigenvalue weighted by Crippen LogP contribution is 2.10. The van der Waals surface area contributed by atoms with E-state index in [1.165, 1.54) is 5.56 Å². The van der Waals surface area contributed by atoms with Crippen molar-refractivity contribution in [3.05, 3.63) is 66.0 Å². The van der Waals surface area contributed by atoms with E-state index in [2.05, 4.69) is 27.4 Å². The van der Waals surface area contributed by atoms with Crippen LogP contribution in [0.4, 0.5) is 0 Å². The van der Waals surface area contributed by atoms with Crippen molar-refractivity contribution in [3.63, 3.8) is 0 Å².